The number of amides is 2. The van der Waals surface area contributed by atoms with E-state index >= 15 is 0 Å². The largest absolute Gasteiger partial charge is 0.480 e. The monoisotopic (exact) mass is 296 g/mol. The molecule has 2 atom stereocenters. The first kappa shape index (κ1) is 17.6. The Bertz CT molecular complexity index is 420. The molecule has 0 aliphatic heterocycles. The zero-order valence-electron chi connectivity index (χ0n) is 11.2. The molecular formula is C10H20N2O6S. The molecule has 19 heavy (non-hydrogen) atoms. The quantitative estimate of drug-likeness (QED) is 0.547. The molecule has 0 fully saturated rings. The molecule has 3 N–H and O–H groups in total. The van der Waals surface area contributed by atoms with E-state index in [0.717, 1.165) is 11.2 Å². The molecule has 0 aromatic carbocycles. The van der Waals surface area contributed by atoms with Crippen molar-refractivity contribution in [2.24, 2.45) is 0 Å². The number of nitrogens with zero attached hydrogens (tertiary/aromatic N) is 1. The zero-order valence-corrected chi connectivity index (χ0v) is 12.0. The summed E-state index contributed by atoms with van der Waals surface area (Å²) < 4.78 is 21.9. The number of hydrogen-bond donors (Lipinski definition) is 3. The van der Waals surface area contributed by atoms with Gasteiger partial charge in [0, 0.05) is 19.8 Å². The topological polar surface area (TPSA) is 124 Å². The number of carboxylic acids is 1. The smallest absolute Gasteiger partial charge is 0.326 e. The van der Waals surface area contributed by atoms with Gasteiger partial charge in [0.25, 0.3) is 0 Å². The molecular weight excluding hydrogens is 276 g/mol. The summed E-state index contributed by atoms with van der Waals surface area (Å²) in [5.41, 5.74) is 0. The van der Waals surface area contributed by atoms with Crippen molar-refractivity contribution in [2.45, 2.75) is 25.5 Å². The van der Waals surface area contributed by atoms with Gasteiger partial charge in [-0.1, -0.05) is 0 Å². The predicted octanol–water partition coefficient (Wildman–Crippen LogP) is -1.10. The van der Waals surface area contributed by atoms with E-state index in [2.05, 4.69) is 5.32 Å². The molecule has 2 amide bonds. The van der Waals surface area contributed by atoms with Crippen LogP contribution >= 0.6 is 0 Å². The number of rotatable bonds is 7. The van der Waals surface area contributed by atoms with E-state index in [1.807, 2.05) is 0 Å². The van der Waals surface area contributed by atoms with Gasteiger partial charge < -0.3 is 20.4 Å². The highest BCUT2D eigenvalue weighted by molar-refractivity contribution is 7.90. The van der Waals surface area contributed by atoms with Crippen molar-refractivity contribution in [1.82, 2.24) is 10.2 Å². The Kier molecular flexibility index (Phi) is 6.77. The number of nitrogens with one attached hydrogen (secondary N) is 1. The average molecular weight is 296 g/mol. The second-order valence-electron chi connectivity index (χ2n) is 4.49. The van der Waals surface area contributed by atoms with Gasteiger partial charge in [-0.2, -0.15) is 0 Å². The van der Waals surface area contributed by atoms with Gasteiger partial charge in [-0.15, -0.1) is 0 Å². The second-order valence-corrected chi connectivity index (χ2v) is 6.75. The maximum atomic E-state index is 11.6. The highest BCUT2D eigenvalue weighted by Crippen LogP contribution is 1.99. The fourth-order valence-electron chi connectivity index (χ4n) is 1.33. The van der Waals surface area contributed by atoms with Crippen LogP contribution in [0.15, 0.2) is 0 Å². The normalized spacial score (nSPS) is 14.5. The SMILES string of the molecule is CC(O)CN(C)C(=O)NC(CCS(C)(=O)=O)C(=O)O. The first-order valence-electron chi connectivity index (χ1n) is 5.63. The summed E-state index contributed by atoms with van der Waals surface area (Å²) >= 11 is 0. The number of carboxylic acid groups (broad SMARTS) is 1. The number of urea groups is 1. The van der Waals surface area contributed by atoms with Crippen LogP contribution in [0.1, 0.15) is 13.3 Å². The number of sulfone groups is 1. The Balaban J connectivity index is 4.50. The molecule has 0 radical (unpaired) electrons. The van der Waals surface area contributed by atoms with E-state index in [0.29, 0.717) is 0 Å². The summed E-state index contributed by atoms with van der Waals surface area (Å²) in [5.74, 6) is -1.63. The molecule has 0 aromatic heterocycles. The van der Waals surface area contributed by atoms with Crippen molar-refractivity contribution < 1.29 is 28.2 Å². The van der Waals surface area contributed by atoms with Gasteiger partial charge in [0.1, 0.15) is 15.9 Å². The van der Waals surface area contributed by atoms with Gasteiger partial charge in [-0.25, -0.2) is 18.0 Å². The summed E-state index contributed by atoms with van der Waals surface area (Å²) in [6, 6.07) is -1.96. The van der Waals surface area contributed by atoms with Gasteiger partial charge in [0.05, 0.1) is 11.9 Å². The van der Waals surface area contributed by atoms with Crippen LogP contribution in [-0.4, -0.2) is 73.3 Å². The lowest BCUT2D eigenvalue weighted by Crippen LogP contribution is -2.48. The molecule has 0 bridgehead atoms. The van der Waals surface area contributed by atoms with Gasteiger partial charge in [0.2, 0.25) is 0 Å². The number of carbonyl (C=O) groups excluding carboxylic acids is 1. The summed E-state index contributed by atoms with van der Waals surface area (Å²) in [6.07, 6.45) is 0.0467. The molecule has 0 heterocycles. The van der Waals surface area contributed by atoms with Crippen molar-refractivity contribution in [2.75, 3.05) is 25.6 Å². The second kappa shape index (κ2) is 7.29. The molecule has 0 aromatic rings. The highest BCUT2D eigenvalue weighted by Gasteiger charge is 2.23. The minimum Gasteiger partial charge on any atom is -0.480 e. The minimum absolute atomic E-state index is 0.0459. The average Bonchev–Trinajstić information content (AvgIpc) is 2.20. The number of hydrogen-bond acceptors (Lipinski definition) is 5. The summed E-state index contributed by atoms with van der Waals surface area (Å²) in [6.45, 7) is 1.53. The molecule has 0 spiro atoms. The molecule has 0 saturated heterocycles. The standard InChI is InChI=1S/C10H20N2O6S/c1-7(13)6-12(2)10(16)11-8(9(14)15)4-5-19(3,17)18/h7-8,13H,4-6H2,1-3H3,(H,11,16)(H,14,15). The molecule has 112 valence electrons. The van der Waals surface area contributed by atoms with E-state index in [-0.39, 0.29) is 18.7 Å². The Morgan fingerprint density at radius 3 is 2.26 bits per heavy atom. The van der Waals surface area contributed by atoms with Crippen LogP contribution in [-0.2, 0) is 14.6 Å². The maximum absolute atomic E-state index is 11.6. The van der Waals surface area contributed by atoms with Crippen LogP contribution in [0.4, 0.5) is 4.79 Å². The van der Waals surface area contributed by atoms with Crippen LogP contribution in [0.3, 0.4) is 0 Å². The Labute approximate surface area is 112 Å². The number of likely N-dealkylation sites (N-methyl/N-ethyl adjacent to an activating group) is 1. The van der Waals surface area contributed by atoms with Crippen LogP contribution in [0, 0.1) is 0 Å². The fraction of sp³-hybridized carbons (Fsp3) is 0.800. The summed E-state index contributed by atoms with van der Waals surface area (Å²) in [7, 11) is -1.90. The first-order chi connectivity index (χ1) is 8.53. The van der Waals surface area contributed by atoms with E-state index in [9.17, 15) is 18.0 Å². The number of aliphatic carboxylic acids is 1. The Morgan fingerprint density at radius 2 is 1.89 bits per heavy atom. The third-order valence-corrected chi connectivity index (χ3v) is 3.24. The van der Waals surface area contributed by atoms with Crippen LogP contribution in [0.2, 0.25) is 0 Å². The van der Waals surface area contributed by atoms with Crippen molar-refractivity contribution in [3.63, 3.8) is 0 Å². The van der Waals surface area contributed by atoms with Crippen molar-refractivity contribution in [1.29, 1.82) is 0 Å². The fourth-order valence-corrected chi connectivity index (χ4v) is 1.99. The number of aliphatic hydroxyl groups is 1. The van der Waals surface area contributed by atoms with Gasteiger partial charge in [0.15, 0.2) is 0 Å². The van der Waals surface area contributed by atoms with Gasteiger partial charge in [-0.3, -0.25) is 0 Å². The maximum Gasteiger partial charge on any atom is 0.326 e. The van der Waals surface area contributed by atoms with E-state index in [1.54, 1.807) is 0 Å². The van der Waals surface area contributed by atoms with E-state index < -0.39 is 34.0 Å². The number of aliphatic hydroxyl groups excluding tert-OH is 1. The lowest BCUT2D eigenvalue weighted by atomic mass is 10.2. The minimum atomic E-state index is -3.30. The summed E-state index contributed by atoms with van der Waals surface area (Å²) in [5, 5.41) is 20.2. The molecule has 9 heteroatoms. The van der Waals surface area contributed by atoms with E-state index in [4.69, 9.17) is 10.2 Å². The Morgan fingerprint density at radius 1 is 1.37 bits per heavy atom. The molecule has 2 unspecified atom stereocenters. The number of carbonyl (C=O) groups is 2. The lowest BCUT2D eigenvalue weighted by Gasteiger charge is -2.22. The van der Waals surface area contributed by atoms with Crippen molar-refractivity contribution in [3.8, 4) is 0 Å². The first-order valence-corrected chi connectivity index (χ1v) is 7.69. The van der Waals surface area contributed by atoms with Crippen molar-refractivity contribution >= 4 is 21.8 Å². The van der Waals surface area contributed by atoms with Crippen molar-refractivity contribution in [3.05, 3.63) is 0 Å². The third-order valence-electron chi connectivity index (χ3n) is 2.26. The van der Waals surface area contributed by atoms with E-state index in [1.165, 1.54) is 14.0 Å². The lowest BCUT2D eigenvalue weighted by molar-refractivity contribution is -0.139. The molecule has 0 saturated carbocycles. The van der Waals surface area contributed by atoms with Crippen LogP contribution in [0.25, 0.3) is 0 Å². The van der Waals surface area contributed by atoms with Crippen LogP contribution in [0.5, 0.6) is 0 Å². The molecule has 0 aliphatic rings. The zero-order chi connectivity index (χ0) is 15.2. The Hall–Kier alpha value is -1.35. The molecule has 0 rings (SSSR count). The molecule has 0 aliphatic carbocycles. The van der Waals surface area contributed by atoms with Gasteiger partial charge >= 0.3 is 12.0 Å². The predicted molar refractivity (Wildman–Crippen MR) is 68.6 cm³/mol. The highest BCUT2D eigenvalue weighted by atomic mass is 32.2. The van der Waals surface area contributed by atoms with Gasteiger partial charge in [-0.05, 0) is 13.3 Å². The molecule has 8 nitrogen and oxygen atoms in total. The summed E-state index contributed by atoms with van der Waals surface area (Å²) in [4.78, 5) is 23.7. The van der Waals surface area contributed by atoms with Crippen LogP contribution < -0.4 is 5.32 Å². The third kappa shape index (κ3) is 8.38.